The standard InChI is InChI=1S/C11H18O2/c1-8(2)6-5-7-9(3)10(4)11(12)13/h10H,1,3,5-7H2,2,4H3,(H,12,13). The second kappa shape index (κ2) is 5.57. The Morgan fingerprint density at radius 1 is 1.38 bits per heavy atom. The molecular formula is C11H18O2. The van der Waals surface area contributed by atoms with Gasteiger partial charge in [0.2, 0.25) is 0 Å². The van der Waals surface area contributed by atoms with E-state index in [-0.39, 0.29) is 0 Å². The molecule has 0 heterocycles. The lowest BCUT2D eigenvalue weighted by Gasteiger charge is -2.09. The summed E-state index contributed by atoms with van der Waals surface area (Å²) in [5, 5.41) is 8.68. The van der Waals surface area contributed by atoms with Gasteiger partial charge in [0.25, 0.3) is 0 Å². The van der Waals surface area contributed by atoms with Crippen molar-refractivity contribution in [1.82, 2.24) is 0 Å². The van der Waals surface area contributed by atoms with E-state index >= 15 is 0 Å². The van der Waals surface area contributed by atoms with Crippen LogP contribution in [0.4, 0.5) is 0 Å². The fourth-order valence-electron chi connectivity index (χ4n) is 1.01. The van der Waals surface area contributed by atoms with Crippen molar-refractivity contribution in [3.8, 4) is 0 Å². The maximum Gasteiger partial charge on any atom is 0.310 e. The van der Waals surface area contributed by atoms with Crippen LogP contribution >= 0.6 is 0 Å². The predicted octanol–water partition coefficient (Wildman–Crippen LogP) is 3.01. The molecule has 0 aromatic heterocycles. The van der Waals surface area contributed by atoms with E-state index < -0.39 is 11.9 Å². The molecule has 0 aliphatic rings. The molecule has 0 radical (unpaired) electrons. The molecule has 13 heavy (non-hydrogen) atoms. The average molecular weight is 182 g/mol. The number of allylic oxidation sites excluding steroid dienone is 1. The van der Waals surface area contributed by atoms with Gasteiger partial charge in [0, 0.05) is 0 Å². The summed E-state index contributed by atoms with van der Waals surface area (Å²) >= 11 is 0. The van der Waals surface area contributed by atoms with Crippen LogP contribution in [0, 0.1) is 5.92 Å². The van der Waals surface area contributed by atoms with Crippen molar-refractivity contribution in [3.05, 3.63) is 24.3 Å². The molecule has 0 amide bonds. The van der Waals surface area contributed by atoms with Gasteiger partial charge in [-0.25, -0.2) is 0 Å². The predicted molar refractivity (Wildman–Crippen MR) is 54.6 cm³/mol. The smallest absolute Gasteiger partial charge is 0.310 e. The number of hydrogen-bond acceptors (Lipinski definition) is 1. The summed E-state index contributed by atoms with van der Waals surface area (Å²) in [6.45, 7) is 11.2. The van der Waals surface area contributed by atoms with Crippen LogP contribution in [0.2, 0.25) is 0 Å². The maximum absolute atomic E-state index is 10.6. The van der Waals surface area contributed by atoms with Crippen molar-refractivity contribution < 1.29 is 9.90 Å². The van der Waals surface area contributed by atoms with Crippen LogP contribution in [-0.4, -0.2) is 11.1 Å². The van der Waals surface area contributed by atoms with Gasteiger partial charge in [-0.15, -0.1) is 6.58 Å². The summed E-state index contributed by atoms with van der Waals surface area (Å²) in [5.74, 6) is -1.22. The second-order valence-corrected chi connectivity index (χ2v) is 3.53. The minimum atomic E-state index is -0.791. The van der Waals surface area contributed by atoms with Crippen LogP contribution in [-0.2, 0) is 4.79 Å². The number of aliphatic carboxylic acids is 1. The fraction of sp³-hybridized carbons (Fsp3) is 0.545. The molecule has 0 rings (SSSR count). The quantitative estimate of drug-likeness (QED) is 0.641. The first-order valence-corrected chi connectivity index (χ1v) is 4.50. The Labute approximate surface area is 80.0 Å². The third kappa shape index (κ3) is 5.23. The van der Waals surface area contributed by atoms with Crippen LogP contribution in [0.15, 0.2) is 24.3 Å². The zero-order valence-corrected chi connectivity index (χ0v) is 8.47. The van der Waals surface area contributed by atoms with E-state index in [1.54, 1.807) is 6.92 Å². The van der Waals surface area contributed by atoms with Crippen molar-refractivity contribution >= 4 is 5.97 Å². The summed E-state index contributed by atoms with van der Waals surface area (Å²) in [6, 6.07) is 0. The Balaban J connectivity index is 3.75. The van der Waals surface area contributed by atoms with Crippen LogP contribution < -0.4 is 0 Å². The highest BCUT2D eigenvalue weighted by Crippen LogP contribution is 2.16. The van der Waals surface area contributed by atoms with Crippen molar-refractivity contribution in [1.29, 1.82) is 0 Å². The first kappa shape index (κ1) is 11.9. The summed E-state index contributed by atoms with van der Waals surface area (Å²) < 4.78 is 0. The molecule has 74 valence electrons. The van der Waals surface area contributed by atoms with Crippen LogP contribution in [0.5, 0.6) is 0 Å². The third-order valence-electron chi connectivity index (χ3n) is 2.08. The SMILES string of the molecule is C=C(C)CCCC(=C)C(C)C(=O)O. The molecule has 0 aliphatic carbocycles. The summed E-state index contributed by atoms with van der Waals surface area (Å²) in [5.41, 5.74) is 1.93. The molecule has 0 aromatic rings. The van der Waals surface area contributed by atoms with Gasteiger partial charge < -0.3 is 5.11 Å². The maximum atomic E-state index is 10.6. The fourth-order valence-corrected chi connectivity index (χ4v) is 1.01. The number of rotatable bonds is 6. The zero-order valence-electron chi connectivity index (χ0n) is 8.47. The molecule has 2 heteroatoms. The second-order valence-electron chi connectivity index (χ2n) is 3.53. The Hall–Kier alpha value is -1.05. The van der Waals surface area contributed by atoms with E-state index in [1.165, 1.54) is 0 Å². The largest absolute Gasteiger partial charge is 0.481 e. The van der Waals surface area contributed by atoms with Crippen LogP contribution in [0.1, 0.15) is 33.1 Å². The highest BCUT2D eigenvalue weighted by molar-refractivity contribution is 5.72. The topological polar surface area (TPSA) is 37.3 Å². The van der Waals surface area contributed by atoms with Gasteiger partial charge in [0.05, 0.1) is 5.92 Å². The van der Waals surface area contributed by atoms with Crippen molar-refractivity contribution in [2.75, 3.05) is 0 Å². The molecule has 1 atom stereocenters. The molecule has 1 unspecified atom stereocenters. The lowest BCUT2D eigenvalue weighted by atomic mass is 9.97. The first-order chi connectivity index (χ1) is 5.95. The van der Waals surface area contributed by atoms with E-state index in [0.717, 1.165) is 30.4 Å². The average Bonchev–Trinajstić information content (AvgIpc) is 2.02. The summed E-state index contributed by atoms with van der Waals surface area (Å²) in [4.78, 5) is 10.6. The molecule has 2 nitrogen and oxygen atoms in total. The highest BCUT2D eigenvalue weighted by atomic mass is 16.4. The van der Waals surface area contributed by atoms with E-state index in [2.05, 4.69) is 13.2 Å². The first-order valence-electron chi connectivity index (χ1n) is 4.50. The minimum absolute atomic E-state index is 0.426. The normalized spacial score (nSPS) is 12.2. The molecule has 0 bridgehead atoms. The van der Waals surface area contributed by atoms with E-state index in [9.17, 15) is 4.79 Å². The molecule has 1 N–H and O–H groups in total. The monoisotopic (exact) mass is 182 g/mol. The van der Waals surface area contributed by atoms with Crippen LogP contribution in [0.25, 0.3) is 0 Å². The van der Waals surface area contributed by atoms with Gasteiger partial charge in [0.1, 0.15) is 0 Å². The molecule has 0 spiro atoms. The Kier molecular flexibility index (Phi) is 5.12. The van der Waals surface area contributed by atoms with Gasteiger partial charge in [-0.2, -0.15) is 0 Å². The van der Waals surface area contributed by atoms with E-state index in [1.807, 2.05) is 6.92 Å². The zero-order chi connectivity index (χ0) is 10.4. The number of carboxylic acids is 1. The Morgan fingerprint density at radius 3 is 2.31 bits per heavy atom. The van der Waals surface area contributed by atoms with Crippen molar-refractivity contribution in [3.63, 3.8) is 0 Å². The highest BCUT2D eigenvalue weighted by Gasteiger charge is 2.13. The molecule has 0 saturated heterocycles. The van der Waals surface area contributed by atoms with Crippen LogP contribution in [0.3, 0.4) is 0 Å². The van der Waals surface area contributed by atoms with Gasteiger partial charge in [-0.05, 0) is 33.1 Å². The number of carbonyl (C=O) groups is 1. The molecule has 0 fully saturated rings. The molecule has 0 aliphatic heterocycles. The molecule has 0 aromatic carbocycles. The number of hydrogen-bond donors (Lipinski definition) is 1. The minimum Gasteiger partial charge on any atom is -0.481 e. The lowest BCUT2D eigenvalue weighted by Crippen LogP contribution is -2.11. The molecule has 0 saturated carbocycles. The van der Waals surface area contributed by atoms with Gasteiger partial charge in [-0.3, -0.25) is 4.79 Å². The van der Waals surface area contributed by atoms with Gasteiger partial charge in [-0.1, -0.05) is 17.7 Å². The van der Waals surface area contributed by atoms with Crippen molar-refractivity contribution in [2.45, 2.75) is 33.1 Å². The van der Waals surface area contributed by atoms with E-state index in [4.69, 9.17) is 5.11 Å². The van der Waals surface area contributed by atoms with E-state index in [0.29, 0.717) is 0 Å². The lowest BCUT2D eigenvalue weighted by molar-refractivity contribution is -0.139. The Morgan fingerprint density at radius 2 is 1.92 bits per heavy atom. The van der Waals surface area contributed by atoms with Gasteiger partial charge in [0.15, 0.2) is 0 Å². The summed E-state index contributed by atoms with van der Waals surface area (Å²) in [7, 11) is 0. The van der Waals surface area contributed by atoms with Crippen molar-refractivity contribution in [2.24, 2.45) is 5.92 Å². The third-order valence-corrected chi connectivity index (χ3v) is 2.08. The molecular weight excluding hydrogens is 164 g/mol. The number of carboxylic acid groups (broad SMARTS) is 1. The summed E-state index contributed by atoms with van der Waals surface area (Å²) in [6.07, 6.45) is 2.68. The van der Waals surface area contributed by atoms with Gasteiger partial charge >= 0.3 is 5.97 Å². The Bertz CT molecular complexity index is 216.